The summed E-state index contributed by atoms with van der Waals surface area (Å²) in [5.41, 5.74) is 9.95. The van der Waals surface area contributed by atoms with Crippen molar-refractivity contribution in [3.05, 3.63) is 100 Å². The zero-order chi connectivity index (χ0) is 26.1. The molecule has 1 aliphatic rings. The van der Waals surface area contributed by atoms with E-state index in [9.17, 15) is 9.90 Å². The number of hydrogen-bond donors (Lipinski definition) is 3. The molecule has 2 aromatic heterocycles. The van der Waals surface area contributed by atoms with Gasteiger partial charge in [0.25, 0.3) is 0 Å². The van der Waals surface area contributed by atoms with Gasteiger partial charge in [-0.25, -0.2) is 4.79 Å². The highest BCUT2D eigenvalue weighted by Gasteiger charge is 2.27. The molecule has 0 spiro atoms. The second-order valence-corrected chi connectivity index (χ2v) is 10.4. The van der Waals surface area contributed by atoms with Crippen LogP contribution < -0.4 is 4.74 Å². The molecule has 0 radical (unpaired) electrons. The van der Waals surface area contributed by atoms with Crippen LogP contribution >= 0.6 is 0 Å². The van der Waals surface area contributed by atoms with Crippen LogP contribution in [0.15, 0.2) is 67.0 Å². The Hall–Kier alpha value is -3.99. The first-order chi connectivity index (χ1) is 18.7. The Morgan fingerprint density at radius 1 is 0.895 bits per heavy atom. The molecule has 5 nitrogen and oxygen atoms in total. The molecule has 0 saturated carbocycles. The second-order valence-electron chi connectivity index (χ2n) is 10.4. The molecule has 2 heterocycles. The predicted molar refractivity (Wildman–Crippen MR) is 152 cm³/mol. The third kappa shape index (κ3) is 4.36. The summed E-state index contributed by atoms with van der Waals surface area (Å²) in [5, 5.41) is 11.8. The molecular weight excluding hydrogens is 472 g/mol. The number of rotatable bonds is 9. The Morgan fingerprint density at radius 3 is 2.47 bits per heavy atom. The van der Waals surface area contributed by atoms with E-state index in [1.807, 2.05) is 18.2 Å². The van der Waals surface area contributed by atoms with Crippen molar-refractivity contribution in [1.82, 2.24) is 9.97 Å². The van der Waals surface area contributed by atoms with Gasteiger partial charge >= 0.3 is 5.97 Å². The van der Waals surface area contributed by atoms with Gasteiger partial charge in [0.1, 0.15) is 5.75 Å². The van der Waals surface area contributed by atoms with E-state index in [1.54, 1.807) is 0 Å². The summed E-state index contributed by atoms with van der Waals surface area (Å²) in [6.07, 6.45) is 12.3. The van der Waals surface area contributed by atoms with Crippen LogP contribution in [0.3, 0.4) is 0 Å². The minimum Gasteiger partial charge on any atom is -0.482 e. The summed E-state index contributed by atoms with van der Waals surface area (Å²) >= 11 is 0. The molecule has 38 heavy (non-hydrogen) atoms. The number of para-hydroxylation sites is 2. The molecule has 0 aliphatic heterocycles. The van der Waals surface area contributed by atoms with Crippen molar-refractivity contribution in [2.75, 3.05) is 6.61 Å². The van der Waals surface area contributed by atoms with E-state index >= 15 is 0 Å². The zero-order valence-corrected chi connectivity index (χ0v) is 21.8. The summed E-state index contributed by atoms with van der Waals surface area (Å²) in [6, 6.07) is 19.0. The third-order valence-electron chi connectivity index (χ3n) is 8.05. The lowest BCUT2D eigenvalue weighted by Crippen LogP contribution is -2.12. The van der Waals surface area contributed by atoms with Crippen molar-refractivity contribution in [1.29, 1.82) is 0 Å². The number of aryl methyl sites for hydroxylation is 3. The van der Waals surface area contributed by atoms with Crippen molar-refractivity contribution in [3.63, 3.8) is 0 Å². The average molecular weight is 507 g/mol. The molecule has 1 aliphatic carbocycles. The fourth-order valence-corrected chi connectivity index (χ4v) is 6.25. The summed E-state index contributed by atoms with van der Waals surface area (Å²) in [6.45, 7) is 1.85. The van der Waals surface area contributed by atoms with Crippen LogP contribution in [-0.4, -0.2) is 27.7 Å². The maximum absolute atomic E-state index is 11.4. The summed E-state index contributed by atoms with van der Waals surface area (Å²) in [7, 11) is 0. The van der Waals surface area contributed by atoms with Gasteiger partial charge < -0.3 is 19.8 Å². The van der Waals surface area contributed by atoms with Crippen molar-refractivity contribution in [2.24, 2.45) is 0 Å². The Kier molecular flexibility index (Phi) is 6.67. The van der Waals surface area contributed by atoms with Crippen LogP contribution in [0, 0.1) is 0 Å². The number of unbranched alkanes of at least 4 members (excludes halogenated alkanes) is 1. The maximum atomic E-state index is 11.4. The average Bonchev–Trinajstić information content (AvgIpc) is 3.57. The van der Waals surface area contributed by atoms with Crippen molar-refractivity contribution < 1.29 is 14.6 Å². The van der Waals surface area contributed by atoms with Gasteiger partial charge in [-0.1, -0.05) is 61.9 Å². The van der Waals surface area contributed by atoms with Crippen LogP contribution in [0.5, 0.6) is 5.75 Å². The molecule has 194 valence electrons. The lowest BCUT2D eigenvalue weighted by molar-refractivity contribution is -0.139. The maximum Gasteiger partial charge on any atom is 0.341 e. The molecule has 1 unspecified atom stereocenters. The molecule has 3 aromatic carbocycles. The van der Waals surface area contributed by atoms with Gasteiger partial charge in [-0.15, -0.1) is 0 Å². The molecule has 5 heteroatoms. The van der Waals surface area contributed by atoms with Gasteiger partial charge in [-0.3, -0.25) is 0 Å². The predicted octanol–water partition coefficient (Wildman–Crippen LogP) is 7.51. The van der Waals surface area contributed by atoms with E-state index in [0.29, 0.717) is 5.75 Å². The fourth-order valence-electron chi connectivity index (χ4n) is 6.25. The Labute approximate surface area is 222 Å². The topological polar surface area (TPSA) is 78.1 Å². The molecule has 0 bridgehead atoms. The lowest BCUT2D eigenvalue weighted by atomic mass is 9.82. The smallest absolute Gasteiger partial charge is 0.341 e. The summed E-state index contributed by atoms with van der Waals surface area (Å²) < 4.78 is 5.85. The monoisotopic (exact) mass is 506 g/mol. The summed E-state index contributed by atoms with van der Waals surface area (Å²) in [4.78, 5) is 18.6. The highest BCUT2D eigenvalue weighted by Crippen LogP contribution is 2.44. The SMILES string of the molecule is CCCCc1cccc2c(C(c3ccccc3OCC(=O)O)c3c[nH]c4c5c(ccc34)CCCC5)c[nH]c12. The number of benzene rings is 3. The molecule has 6 rings (SSSR count). The first kappa shape index (κ1) is 24.4. The number of carboxylic acid groups (broad SMARTS) is 1. The number of aliphatic carboxylic acids is 1. The van der Waals surface area contributed by atoms with E-state index in [2.05, 4.69) is 65.7 Å². The number of aromatic amines is 2. The molecule has 0 fully saturated rings. The molecule has 0 amide bonds. The zero-order valence-electron chi connectivity index (χ0n) is 21.8. The first-order valence-corrected chi connectivity index (χ1v) is 13.8. The number of carboxylic acids is 1. The van der Waals surface area contributed by atoms with Crippen LogP contribution in [0.1, 0.15) is 71.9 Å². The highest BCUT2D eigenvalue weighted by atomic mass is 16.5. The van der Waals surface area contributed by atoms with E-state index < -0.39 is 5.97 Å². The Morgan fingerprint density at radius 2 is 1.66 bits per heavy atom. The number of H-pyrrole nitrogens is 2. The molecular formula is C33H34N2O3. The molecule has 0 saturated heterocycles. The first-order valence-electron chi connectivity index (χ1n) is 13.8. The Balaban J connectivity index is 1.56. The third-order valence-corrected chi connectivity index (χ3v) is 8.05. The quantitative estimate of drug-likeness (QED) is 0.193. The van der Waals surface area contributed by atoms with Crippen LogP contribution in [0.25, 0.3) is 21.8 Å². The van der Waals surface area contributed by atoms with Crippen LogP contribution in [0.4, 0.5) is 0 Å². The fraction of sp³-hybridized carbons (Fsp3) is 0.303. The minimum atomic E-state index is -0.984. The number of aromatic nitrogens is 2. The number of fused-ring (bicyclic) bond motifs is 4. The van der Waals surface area contributed by atoms with E-state index in [4.69, 9.17) is 4.74 Å². The lowest BCUT2D eigenvalue weighted by Gasteiger charge is -2.21. The normalized spacial score (nSPS) is 14.0. The van der Waals surface area contributed by atoms with Crippen molar-refractivity contribution in [2.45, 2.75) is 57.8 Å². The van der Waals surface area contributed by atoms with E-state index in [-0.39, 0.29) is 12.5 Å². The van der Waals surface area contributed by atoms with Crippen LogP contribution in [-0.2, 0) is 24.1 Å². The summed E-state index contributed by atoms with van der Waals surface area (Å²) in [5.74, 6) is -0.517. The van der Waals surface area contributed by atoms with Gasteiger partial charge in [0.05, 0.1) is 0 Å². The largest absolute Gasteiger partial charge is 0.482 e. The van der Waals surface area contributed by atoms with Crippen molar-refractivity contribution >= 4 is 27.8 Å². The molecule has 3 N–H and O–H groups in total. The van der Waals surface area contributed by atoms with Gasteiger partial charge in [0.2, 0.25) is 0 Å². The molecule has 5 aromatic rings. The highest BCUT2D eigenvalue weighted by molar-refractivity contribution is 5.92. The van der Waals surface area contributed by atoms with E-state index in [1.165, 1.54) is 62.5 Å². The van der Waals surface area contributed by atoms with E-state index in [0.717, 1.165) is 37.7 Å². The van der Waals surface area contributed by atoms with Gasteiger partial charge in [0.15, 0.2) is 6.61 Å². The molecule has 1 atom stereocenters. The van der Waals surface area contributed by atoms with Crippen molar-refractivity contribution in [3.8, 4) is 5.75 Å². The number of nitrogens with one attached hydrogen (secondary N) is 2. The Bertz CT molecular complexity index is 1610. The number of hydrogen-bond acceptors (Lipinski definition) is 2. The second kappa shape index (κ2) is 10.4. The van der Waals surface area contributed by atoms with Gasteiger partial charge in [-0.05, 0) is 72.4 Å². The van der Waals surface area contributed by atoms with Crippen LogP contribution in [0.2, 0.25) is 0 Å². The minimum absolute atomic E-state index is 0.134. The number of ether oxygens (including phenoxy) is 1. The van der Waals surface area contributed by atoms with Gasteiger partial charge in [-0.2, -0.15) is 0 Å². The number of carbonyl (C=O) groups is 1. The standard InChI is InChI=1S/C33H34N2O3/c1-2-3-9-22-11-8-14-24-27(18-34-32(22)24)31(26-13-6-7-15-29(26)38-20-30(36)37)28-19-35-33-23-12-5-4-10-21(23)16-17-25(28)33/h6-8,11,13-19,31,34-35H,2-5,9-10,12,20H2,1H3,(H,36,37). The van der Waals surface area contributed by atoms with Gasteiger partial charge in [0, 0.05) is 45.7 Å².